The maximum atomic E-state index is 14.0. The van der Waals surface area contributed by atoms with Crippen LogP contribution in [0.3, 0.4) is 0 Å². The highest BCUT2D eigenvalue weighted by molar-refractivity contribution is 5.77. The van der Waals surface area contributed by atoms with Gasteiger partial charge in [0.25, 0.3) is 0 Å². The molecule has 0 aromatic rings. The number of ether oxygens (including phenoxy) is 6. The molecule has 2 bridgehead atoms. The number of rotatable bonds is 14. The van der Waals surface area contributed by atoms with E-state index >= 15 is 0 Å². The number of fused-ring (bicyclic) bond motifs is 3. The van der Waals surface area contributed by atoms with Crippen molar-refractivity contribution in [2.45, 2.75) is 171 Å². The normalized spacial score (nSPS) is 46.6. The molecule has 0 radical (unpaired) electrons. The number of hydrogen-bond acceptors (Lipinski definition) is 16. The van der Waals surface area contributed by atoms with Crippen molar-refractivity contribution in [2.24, 2.45) is 28.1 Å². The molecule has 0 amide bonds. The minimum atomic E-state index is -1.70. The molecule has 2 aliphatic heterocycles. The fraction of sp³-hybridized carbons (Fsp3) is 0.923. The highest BCUT2D eigenvalue weighted by Crippen LogP contribution is 2.73. The van der Waals surface area contributed by atoms with Crippen molar-refractivity contribution >= 4 is 5.97 Å². The Labute approximate surface area is 322 Å². The standard InChI is InChI=1S/C39H64O16/c1-20-14-38-12-8-26-36(3,10-5-11-37(26,4)35(49)55-33-23(43)7-6-22(15-40)53-33)27(38)9-13-39(20,18-38)51-19-50-24(16-41)29(45)28(44)21(2)52-34-32(48)31(47)30(46)25(17-42)54-34/h21-34,40-48H,1,5-19H2,2-4H3/t21-,22?,23?,24+,25-,26-,27-,28?,29?,30+,31?,32?,33-,34+,36+,37+,38+,39-/m0/s1. The van der Waals surface area contributed by atoms with E-state index in [0.29, 0.717) is 31.6 Å². The van der Waals surface area contributed by atoms with Gasteiger partial charge < -0.3 is 74.4 Å². The van der Waals surface area contributed by atoms with Crippen LogP contribution in [0.25, 0.3) is 0 Å². The van der Waals surface area contributed by atoms with Gasteiger partial charge in [-0.05, 0) is 106 Å². The first kappa shape index (κ1) is 43.2. The van der Waals surface area contributed by atoms with Crippen molar-refractivity contribution in [1.82, 2.24) is 0 Å². The van der Waals surface area contributed by atoms with E-state index in [9.17, 15) is 50.8 Å². The SMILES string of the molecule is C=C1C[C@@]23CC[C@H]4[C@@](C)(CCC[C@@]4(C)C(=O)O[C@@H]4OC(CO)CCC4O)[C@@H]2CC[C@]1(OCO[C@H](CO)C(O)C(O)[C@H](C)O[C@@H]1O[C@@H](CO)[C@@H](O)C(O)C1O)C3. The first-order valence-corrected chi connectivity index (χ1v) is 20.0. The van der Waals surface area contributed by atoms with Crippen LogP contribution < -0.4 is 0 Å². The second kappa shape index (κ2) is 16.7. The molecule has 18 atom stereocenters. The van der Waals surface area contributed by atoms with E-state index in [4.69, 9.17) is 28.4 Å². The van der Waals surface area contributed by atoms with Crippen LogP contribution >= 0.6 is 0 Å². The highest BCUT2D eigenvalue weighted by atomic mass is 16.7. The Balaban J connectivity index is 1.06. The average Bonchev–Trinajstić information content (AvgIpc) is 3.36. The Bertz CT molecular complexity index is 1350. The van der Waals surface area contributed by atoms with Crippen LogP contribution in [0.2, 0.25) is 0 Å². The second-order valence-electron chi connectivity index (χ2n) is 17.8. The molecular weight excluding hydrogens is 724 g/mol. The third-order valence-corrected chi connectivity index (χ3v) is 14.7. The van der Waals surface area contributed by atoms with Crippen molar-refractivity contribution in [1.29, 1.82) is 0 Å². The zero-order valence-corrected chi connectivity index (χ0v) is 32.3. The van der Waals surface area contributed by atoms with Gasteiger partial charge in [-0.3, -0.25) is 4.79 Å². The highest BCUT2D eigenvalue weighted by Gasteiger charge is 2.68. The van der Waals surface area contributed by atoms with Crippen molar-refractivity contribution in [3.63, 3.8) is 0 Å². The molecule has 316 valence electrons. The van der Waals surface area contributed by atoms with Crippen LogP contribution in [0.4, 0.5) is 0 Å². The summed E-state index contributed by atoms with van der Waals surface area (Å²) in [7, 11) is 0. The predicted molar refractivity (Wildman–Crippen MR) is 190 cm³/mol. The van der Waals surface area contributed by atoms with Crippen LogP contribution in [0.5, 0.6) is 0 Å². The monoisotopic (exact) mass is 788 g/mol. The minimum Gasteiger partial charge on any atom is -0.432 e. The van der Waals surface area contributed by atoms with E-state index < -0.39 is 97.8 Å². The van der Waals surface area contributed by atoms with Crippen LogP contribution in [-0.4, -0.2) is 158 Å². The summed E-state index contributed by atoms with van der Waals surface area (Å²) in [4.78, 5) is 14.0. The summed E-state index contributed by atoms with van der Waals surface area (Å²) >= 11 is 0. The summed E-state index contributed by atoms with van der Waals surface area (Å²) < 4.78 is 34.8. The maximum Gasteiger partial charge on any atom is 0.314 e. The lowest BCUT2D eigenvalue weighted by molar-refractivity contribution is -0.319. The Morgan fingerprint density at radius 3 is 2.29 bits per heavy atom. The largest absolute Gasteiger partial charge is 0.432 e. The van der Waals surface area contributed by atoms with Gasteiger partial charge in [0, 0.05) is 0 Å². The van der Waals surface area contributed by atoms with Gasteiger partial charge >= 0.3 is 5.97 Å². The van der Waals surface area contributed by atoms with Crippen LogP contribution in [0, 0.1) is 28.1 Å². The second-order valence-corrected chi connectivity index (χ2v) is 17.8. The topological polar surface area (TPSA) is 255 Å². The Kier molecular flexibility index (Phi) is 13.1. The fourth-order valence-corrected chi connectivity index (χ4v) is 11.6. The minimum absolute atomic E-state index is 0.0576. The van der Waals surface area contributed by atoms with E-state index in [2.05, 4.69) is 13.5 Å². The molecule has 16 heteroatoms. The lowest BCUT2D eigenvalue weighted by atomic mass is 9.41. The van der Waals surface area contributed by atoms with Crippen LogP contribution in [0.1, 0.15) is 91.4 Å². The number of carbonyl (C=O) groups is 1. The smallest absolute Gasteiger partial charge is 0.314 e. The lowest BCUT2D eigenvalue weighted by Gasteiger charge is -2.64. The summed E-state index contributed by atoms with van der Waals surface area (Å²) in [5, 5.41) is 92.0. The van der Waals surface area contributed by atoms with Gasteiger partial charge in [0.1, 0.15) is 55.6 Å². The summed E-state index contributed by atoms with van der Waals surface area (Å²) in [5.41, 5.74) is -0.738. The van der Waals surface area contributed by atoms with Crippen molar-refractivity contribution in [2.75, 3.05) is 26.6 Å². The third-order valence-electron chi connectivity index (χ3n) is 14.7. The summed E-state index contributed by atoms with van der Waals surface area (Å²) in [6, 6.07) is 0. The molecule has 6 unspecified atom stereocenters. The zero-order chi connectivity index (χ0) is 40.1. The van der Waals surface area contributed by atoms with Gasteiger partial charge in [-0.1, -0.05) is 19.9 Å². The molecule has 0 aromatic carbocycles. The van der Waals surface area contributed by atoms with E-state index in [1.807, 2.05) is 6.92 Å². The Hall–Kier alpha value is -1.35. The van der Waals surface area contributed by atoms with Gasteiger partial charge in [0.15, 0.2) is 6.29 Å². The van der Waals surface area contributed by atoms with Crippen molar-refractivity contribution in [3.8, 4) is 0 Å². The molecule has 6 aliphatic rings. The number of aliphatic hydroxyl groups excluding tert-OH is 9. The van der Waals surface area contributed by atoms with Crippen molar-refractivity contribution in [3.05, 3.63) is 12.2 Å². The average molecular weight is 789 g/mol. The first-order valence-electron chi connectivity index (χ1n) is 20.0. The van der Waals surface area contributed by atoms with Gasteiger partial charge in [0.05, 0.1) is 43.0 Å². The maximum absolute atomic E-state index is 14.0. The van der Waals surface area contributed by atoms with Gasteiger partial charge in [-0.2, -0.15) is 0 Å². The molecule has 4 aliphatic carbocycles. The molecule has 2 saturated heterocycles. The molecular formula is C39H64O16. The summed E-state index contributed by atoms with van der Waals surface area (Å²) in [5.74, 6) is -0.00283. The van der Waals surface area contributed by atoms with Crippen LogP contribution in [0.15, 0.2) is 12.2 Å². The molecule has 55 heavy (non-hydrogen) atoms. The quantitative estimate of drug-likeness (QED) is 0.0626. The van der Waals surface area contributed by atoms with Gasteiger partial charge in [-0.15, -0.1) is 0 Å². The van der Waals surface area contributed by atoms with E-state index in [1.165, 1.54) is 6.92 Å². The van der Waals surface area contributed by atoms with Gasteiger partial charge in [0.2, 0.25) is 6.29 Å². The summed E-state index contributed by atoms with van der Waals surface area (Å²) in [6.45, 7) is 8.34. The first-order chi connectivity index (χ1) is 26.0. The molecule has 16 nitrogen and oxygen atoms in total. The van der Waals surface area contributed by atoms with Gasteiger partial charge in [-0.25, -0.2) is 0 Å². The fourth-order valence-electron chi connectivity index (χ4n) is 11.6. The zero-order valence-electron chi connectivity index (χ0n) is 32.3. The Morgan fingerprint density at radius 1 is 0.873 bits per heavy atom. The number of carbonyl (C=O) groups excluding carboxylic acids is 1. The van der Waals surface area contributed by atoms with E-state index in [0.717, 1.165) is 50.5 Å². The predicted octanol–water partition coefficient (Wildman–Crippen LogP) is -0.242. The molecule has 1 spiro atoms. The lowest BCUT2D eigenvalue weighted by Crippen LogP contribution is -2.60. The number of aliphatic hydroxyl groups is 9. The molecule has 0 aromatic heterocycles. The summed E-state index contributed by atoms with van der Waals surface area (Å²) in [6.07, 6.45) is -7.94. The van der Waals surface area contributed by atoms with E-state index in [1.54, 1.807) is 0 Å². The van der Waals surface area contributed by atoms with Crippen LogP contribution in [-0.2, 0) is 33.2 Å². The molecule has 2 heterocycles. The number of esters is 1. The van der Waals surface area contributed by atoms with E-state index in [-0.39, 0.29) is 36.1 Å². The van der Waals surface area contributed by atoms with Crippen molar-refractivity contribution < 1.29 is 79.2 Å². The molecule has 4 saturated carbocycles. The molecule has 6 rings (SSSR count). The third kappa shape index (κ3) is 7.79. The molecule has 6 fully saturated rings. The number of hydrogen-bond donors (Lipinski definition) is 9. The Morgan fingerprint density at radius 2 is 1.60 bits per heavy atom. The molecule has 9 N–H and O–H groups in total.